The summed E-state index contributed by atoms with van der Waals surface area (Å²) in [5.41, 5.74) is 6.45. The first-order chi connectivity index (χ1) is 22.1. The number of ether oxygens (including phenoxy) is 5. The van der Waals surface area contributed by atoms with Crippen LogP contribution in [-0.4, -0.2) is 45.2 Å². The quantitative estimate of drug-likeness (QED) is 0.0855. The number of nitrogen functional groups attached to an aromatic ring is 1. The Morgan fingerprint density at radius 1 is 0.957 bits per heavy atom. The number of methoxy groups -OCH3 is 1. The van der Waals surface area contributed by atoms with Crippen molar-refractivity contribution in [1.29, 1.82) is 5.41 Å². The van der Waals surface area contributed by atoms with Crippen LogP contribution in [0.25, 0.3) is 11.4 Å². The van der Waals surface area contributed by atoms with E-state index in [1.54, 1.807) is 49.1 Å². The van der Waals surface area contributed by atoms with Gasteiger partial charge in [-0.3, -0.25) is 5.41 Å². The predicted molar refractivity (Wildman–Crippen MR) is 161 cm³/mol. The van der Waals surface area contributed by atoms with E-state index in [0.29, 0.717) is 11.4 Å². The third-order valence-corrected chi connectivity index (χ3v) is 6.47. The number of nitrogens with one attached hydrogen (secondary N) is 1. The number of nitrogens with two attached hydrogens (primary N) is 1. The highest BCUT2D eigenvalue weighted by molar-refractivity contribution is 5.95. The number of aromatic hydroxyl groups is 1. The highest BCUT2D eigenvalue weighted by Crippen LogP contribution is 2.43. The van der Waals surface area contributed by atoms with Crippen LogP contribution in [0.3, 0.4) is 0 Å². The molecule has 0 amide bonds. The van der Waals surface area contributed by atoms with E-state index < -0.39 is 40.9 Å². The summed E-state index contributed by atoms with van der Waals surface area (Å²) in [6, 6.07) is 14.1. The first kappa shape index (κ1) is 31.3. The van der Waals surface area contributed by atoms with E-state index in [1.165, 1.54) is 49.6 Å². The molecule has 2 aromatic heterocycles. The molecular weight excluding hydrogens is 604 g/mol. The van der Waals surface area contributed by atoms with Crippen molar-refractivity contribution in [2.75, 3.05) is 13.7 Å². The minimum atomic E-state index is -1.41. The molecule has 0 unspecified atom stereocenters. The van der Waals surface area contributed by atoms with E-state index >= 15 is 8.78 Å². The number of carbonyl (C=O) groups excluding carboxylic acids is 1. The Hall–Kier alpha value is -6.18. The van der Waals surface area contributed by atoms with Gasteiger partial charge in [0.05, 0.1) is 19.3 Å². The Labute approximate surface area is 261 Å². The second-order valence-corrected chi connectivity index (χ2v) is 9.56. The lowest BCUT2D eigenvalue weighted by Gasteiger charge is -2.17. The Morgan fingerprint density at radius 3 is 2.35 bits per heavy atom. The molecule has 0 radical (unpaired) electrons. The van der Waals surface area contributed by atoms with Gasteiger partial charge in [0.25, 0.3) is 11.8 Å². The van der Waals surface area contributed by atoms with E-state index in [9.17, 15) is 9.90 Å². The lowest BCUT2D eigenvalue weighted by atomic mass is 10.2. The van der Waals surface area contributed by atoms with E-state index in [-0.39, 0.29) is 46.6 Å². The normalized spacial score (nSPS) is 10.7. The van der Waals surface area contributed by atoms with Crippen LogP contribution in [-0.2, 0) is 11.8 Å². The maximum Gasteiger partial charge on any atom is 0.338 e. The summed E-state index contributed by atoms with van der Waals surface area (Å²) in [6.07, 6.45) is 3.36. The van der Waals surface area contributed by atoms with Gasteiger partial charge in [-0.05, 0) is 55.5 Å². The molecule has 0 bridgehead atoms. The van der Waals surface area contributed by atoms with Gasteiger partial charge < -0.3 is 39.1 Å². The number of benzene rings is 3. The summed E-state index contributed by atoms with van der Waals surface area (Å²) in [6.45, 7) is 1.78. The van der Waals surface area contributed by atoms with Crippen molar-refractivity contribution in [3.8, 4) is 57.6 Å². The smallest absolute Gasteiger partial charge is 0.338 e. The number of halogens is 2. The van der Waals surface area contributed by atoms with Gasteiger partial charge in [0.1, 0.15) is 17.4 Å². The molecule has 0 spiro atoms. The Bertz CT molecular complexity index is 1950. The van der Waals surface area contributed by atoms with Gasteiger partial charge in [-0.1, -0.05) is 12.1 Å². The molecule has 0 saturated carbocycles. The summed E-state index contributed by atoms with van der Waals surface area (Å²) in [7, 11) is 3.08. The summed E-state index contributed by atoms with van der Waals surface area (Å²) in [5, 5.41) is 18.0. The number of aryl methyl sites for hydroxylation is 1. The summed E-state index contributed by atoms with van der Waals surface area (Å²) in [5.74, 6) is -6.59. The van der Waals surface area contributed by atoms with E-state index in [1.807, 2.05) is 0 Å². The van der Waals surface area contributed by atoms with Crippen LogP contribution in [0.2, 0.25) is 0 Å². The molecular formula is C32H27F2N5O7. The third kappa shape index (κ3) is 6.50. The number of pyridine rings is 1. The zero-order valence-electron chi connectivity index (χ0n) is 24.7. The first-order valence-corrected chi connectivity index (χ1v) is 13.6. The lowest BCUT2D eigenvalue weighted by Crippen LogP contribution is -2.11. The fourth-order valence-corrected chi connectivity index (χ4v) is 4.23. The number of aromatic nitrogens is 3. The van der Waals surface area contributed by atoms with Gasteiger partial charge in [0.2, 0.25) is 17.4 Å². The van der Waals surface area contributed by atoms with E-state index in [4.69, 9.17) is 34.8 Å². The molecule has 0 aliphatic carbocycles. The molecule has 5 aromatic rings. The van der Waals surface area contributed by atoms with Gasteiger partial charge in [-0.2, -0.15) is 13.8 Å². The standard InChI is InChI=1S/C32H27F2N5O7/c1-4-43-32(41)19-9-11-22(24(16-19)42-3)45-27-25(33)30(44-20-7-5-6-18(14-20)29-37-12-13-39(29)2)38-31(26(27)34)46-23-15-17(28(35)36)8-10-21(23)40/h5-16,40H,4H2,1-3H3,(H3,35,36). The molecule has 5 rings (SSSR count). The van der Waals surface area contributed by atoms with Crippen LogP contribution in [0.4, 0.5) is 8.78 Å². The molecule has 3 aromatic carbocycles. The number of esters is 1. The van der Waals surface area contributed by atoms with Crippen LogP contribution in [0, 0.1) is 17.0 Å². The van der Waals surface area contributed by atoms with Crippen molar-refractivity contribution in [2.24, 2.45) is 12.8 Å². The lowest BCUT2D eigenvalue weighted by molar-refractivity contribution is 0.0526. The number of phenolic OH excluding ortho intramolecular Hbond substituents is 1. The average molecular weight is 632 g/mol. The fraction of sp³-hybridized carbons (Fsp3) is 0.125. The molecule has 14 heteroatoms. The predicted octanol–water partition coefficient (Wildman–Crippen LogP) is 6.31. The summed E-state index contributed by atoms with van der Waals surface area (Å²) >= 11 is 0. The monoisotopic (exact) mass is 631 g/mol. The van der Waals surface area contributed by atoms with E-state index in [2.05, 4.69) is 9.97 Å². The molecule has 2 heterocycles. The molecule has 12 nitrogen and oxygen atoms in total. The minimum Gasteiger partial charge on any atom is -0.504 e. The van der Waals surface area contributed by atoms with Crippen molar-refractivity contribution >= 4 is 11.8 Å². The highest BCUT2D eigenvalue weighted by Gasteiger charge is 2.28. The van der Waals surface area contributed by atoms with Gasteiger partial charge in [0.15, 0.2) is 23.0 Å². The van der Waals surface area contributed by atoms with E-state index in [0.717, 1.165) is 0 Å². The Morgan fingerprint density at radius 2 is 1.67 bits per heavy atom. The number of hydrogen-bond donors (Lipinski definition) is 3. The maximum absolute atomic E-state index is 16.0. The number of amidine groups is 1. The summed E-state index contributed by atoms with van der Waals surface area (Å²) < 4.78 is 61.0. The van der Waals surface area contributed by atoms with Crippen molar-refractivity contribution in [3.63, 3.8) is 0 Å². The third-order valence-electron chi connectivity index (χ3n) is 6.47. The summed E-state index contributed by atoms with van der Waals surface area (Å²) in [4.78, 5) is 20.4. The Balaban J connectivity index is 1.60. The number of nitrogens with zero attached hydrogens (tertiary/aromatic N) is 3. The largest absolute Gasteiger partial charge is 0.504 e. The van der Waals surface area contributed by atoms with Crippen LogP contribution >= 0.6 is 0 Å². The van der Waals surface area contributed by atoms with Crippen LogP contribution in [0.15, 0.2) is 73.1 Å². The van der Waals surface area contributed by atoms with Gasteiger partial charge in [0, 0.05) is 30.6 Å². The zero-order valence-corrected chi connectivity index (χ0v) is 24.7. The van der Waals surface area contributed by atoms with Crippen LogP contribution in [0.5, 0.6) is 46.3 Å². The van der Waals surface area contributed by atoms with Crippen molar-refractivity contribution < 1.29 is 42.4 Å². The van der Waals surface area contributed by atoms with Gasteiger partial charge in [-0.25, -0.2) is 9.78 Å². The molecule has 0 atom stereocenters. The number of phenols is 1. The van der Waals surface area contributed by atoms with Gasteiger partial charge in [-0.15, -0.1) is 0 Å². The number of rotatable bonds is 11. The molecule has 0 saturated heterocycles. The number of carbonyl (C=O) groups is 1. The SMILES string of the molecule is CCOC(=O)c1ccc(Oc2c(F)c(Oc3cccc(-c4nccn4C)c3)nc(Oc3cc(C(=N)N)ccc3O)c2F)c(OC)c1. The highest BCUT2D eigenvalue weighted by atomic mass is 19.1. The molecule has 0 aliphatic heterocycles. The van der Waals surface area contributed by atoms with Crippen molar-refractivity contribution in [2.45, 2.75) is 6.92 Å². The second kappa shape index (κ2) is 13.2. The maximum atomic E-state index is 16.0. The molecule has 46 heavy (non-hydrogen) atoms. The Kier molecular flexibility index (Phi) is 8.98. The molecule has 236 valence electrons. The van der Waals surface area contributed by atoms with Gasteiger partial charge >= 0.3 is 5.97 Å². The zero-order chi connectivity index (χ0) is 33.0. The van der Waals surface area contributed by atoms with Crippen molar-refractivity contribution in [3.05, 3.63) is 95.8 Å². The van der Waals surface area contributed by atoms with Crippen LogP contribution < -0.4 is 24.7 Å². The topological polar surface area (TPSA) is 164 Å². The van der Waals surface area contributed by atoms with Crippen molar-refractivity contribution in [1.82, 2.24) is 14.5 Å². The number of imidazole rings is 1. The molecule has 0 aliphatic rings. The second-order valence-electron chi connectivity index (χ2n) is 9.56. The fourth-order valence-electron chi connectivity index (χ4n) is 4.23. The first-order valence-electron chi connectivity index (χ1n) is 13.6. The molecule has 4 N–H and O–H groups in total. The molecule has 0 fully saturated rings. The minimum absolute atomic E-state index is 0.0410. The average Bonchev–Trinajstić information content (AvgIpc) is 3.48. The van der Waals surface area contributed by atoms with Crippen LogP contribution in [0.1, 0.15) is 22.8 Å². The number of hydrogen-bond acceptors (Lipinski definition) is 10.